The SMILES string of the molecule is COC(=O)c1cc(Br)c(C2CC(F)(F)C2)cc1OC.COC(=O)c1ccc(C2CC(F)(F)C2)cc1OC. The van der Waals surface area contributed by atoms with E-state index in [1.165, 1.54) is 28.4 Å². The zero-order valence-corrected chi connectivity index (χ0v) is 22.3. The van der Waals surface area contributed by atoms with Gasteiger partial charge in [-0.15, -0.1) is 0 Å². The predicted molar refractivity (Wildman–Crippen MR) is 130 cm³/mol. The standard InChI is InChI=1S/C13H13BrF2O3.C13H14F2O3/c1-18-11-4-8(7-5-13(15,16)6-7)10(14)3-9(11)12(17)19-2;1-17-11-5-8(9-6-13(14,15)7-9)3-4-10(11)12(16)18-2/h3-4,7H,5-6H2,1-2H3;3-5,9H,6-7H2,1-2H3. The van der Waals surface area contributed by atoms with Crippen LogP contribution in [0.3, 0.4) is 0 Å². The maximum Gasteiger partial charge on any atom is 0.341 e. The van der Waals surface area contributed by atoms with Crippen molar-refractivity contribution in [3.8, 4) is 11.5 Å². The zero-order valence-electron chi connectivity index (χ0n) is 20.7. The van der Waals surface area contributed by atoms with Crippen molar-refractivity contribution in [2.75, 3.05) is 28.4 Å². The molecule has 6 nitrogen and oxygen atoms in total. The molecule has 0 N–H and O–H groups in total. The molecule has 0 amide bonds. The third-order valence-electron chi connectivity index (χ3n) is 6.45. The van der Waals surface area contributed by atoms with E-state index >= 15 is 0 Å². The summed E-state index contributed by atoms with van der Waals surface area (Å²) in [5.41, 5.74) is 2.07. The lowest BCUT2D eigenvalue weighted by molar-refractivity contribution is -0.0874. The summed E-state index contributed by atoms with van der Waals surface area (Å²) >= 11 is 3.31. The minimum absolute atomic E-state index is 0.145. The number of hydrogen-bond donors (Lipinski definition) is 0. The number of benzene rings is 2. The second kappa shape index (κ2) is 11.3. The number of ether oxygens (including phenoxy) is 4. The Kier molecular flexibility index (Phi) is 8.77. The first-order chi connectivity index (χ1) is 17.3. The van der Waals surface area contributed by atoms with Crippen LogP contribution < -0.4 is 9.47 Å². The highest BCUT2D eigenvalue weighted by molar-refractivity contribution is 9.10. The van der Waals surface area contributed by atoms with Gasteiger partial charge in [0, 0.05) is 30.2 Å². The van der Waals surface area contributed by atoms with Crippen molar-refractivity contribution >= 4 is 27.9 Å². The molecule has 0 aliphatic heterocycles. The van der Waals surface area contributed by atoms with Crippen molar-refractivity contribution in [3.63, 3.8) is 0 Å². The quantitative estimate of drug-likeness (QED) is 0.274. The summed E-state index contributed by atoms with van der Waals surface area (Å²) < 4.78 is 71.6. The van der Waals surface area contributed by atoms with Crippen LogP contribution in [0.5, 0.6) is 11.5 Å². The van der Waals surface area contributed by atoms with Crippen LogP contribution in [0.4, 0.5) is 17.6 Å². The first-order valence-electron chi connectivity index (χ1n) is 11.3. The summed E-state index contributed by atoms with van der Waals surface area (Å²) in [6.45, 7) is 0. The monoisotopic (exact) mass is 590 g/mol. The summed E-state index contributed by atoms with van der Waals surface area (Å²) in [5, 5.41) is 0. The molecule has 0 radical (unpaired) electrons. The number of esters is 2. The molecular weight excluding hydrogens is 564 g/mol. The Balaban J connectivity index is 0.000000206. The smallest absolute Gasteiger partial charge is 0.341 e. The van der Waals surface area contributed by atoms with Crippen molar-refractivity contribution in [1.29, 1.82) is 0 Å². The van der Waals surface area contributed by atoms with E-state index in [1.807, 2.05) is 0 Å². The Morgan fingerprint density at radius 3 is 1.73 bits per heavy atom. The van der Waals surface area contributed by atoms with Gasteiger partial charge in [0.05, 0.1) is 28.4 Å². The molecule has 2 aliphatic carbocycles. The van der Waals surface area contributed by atoms with E-state index < -0.39 is 23.8 Å². The third-order valence-corrected chi connectivity index (χ3v) is 7.13. The van der Waals surface area contributed by atoms with Gasteiger partial charge in [0.15, 0.2) is 0 Å². The van der Waals surface area contributed by atoms with Gasteiger partial charge in [-0.05, 0) is 47.2 Å². The van der Waals surface area contributed by atoms with E-state index in [9.17, 15) is 27.2 Å². The molecule has 0 unspecified atom stereocenters. The third kappa shape index (κ3) is 6.55. The topological polar surface area (TPSA) is 71.1 Å². The molecule has 11 heteroatoms. The molecule has 0 bridgehead atoms. The van der Waals surface area contributed by atoms with Gasteiger partial charge in [0.2, 0.25) is 11.8 Å². The summed E-state index contributed by atoms with van der Waals surface area (Å²) in [7, 11) is 5.41. The van der Waals surface area contributed by atoms with Crippen molar-refractivity contribution in [1.82, 2.24) is 0 Å². The van der Waals surface area contributed by atoms with Gasteiger partial charge < -0.3 is 18.9 Å². The lowest BCUT2D eigenvalue weighted by Crippen LogP contribution is -2.33. The van der Waals surface area contributed by atoms with Crippen molar-refractivity contribution < 1.29 is 46.1 Å². The number of carbonyl (C=O) groups excluding carboxylic acids is 2. The molecule has 2 fully saturated rings. The van der Waals surface area contributed by atoms with Crippen LogP contribution in [0.15, 0.2) is 34.8 Å². The lowest BCUT2D eigenvalue weighted by Gasteiger charge is -2.36. The van der Waals surface area contributed by atoms with Crippen LogP contribution in [0.2, 0.25) is 0 Å². The van der Waals surface area contributed by atoms with Crippen LogP contribution in [-0.4, -0.2) is 52.2 Å². The highest BCUT2D eigenvalue weighted by Crippen LogP contribution is 2.51. The molecule has 2 aromatic carbocycles. The molecule has 2 aliphatic rings. The number of halogens is 5. The zero-order chi connectivity index (χ0) is 27.5. The Morgan fingerprint density at radius 1 is 0.757 bits per heavy atom. The van der Waals surface area contributed by atoms with E-state index in [4.69, 9.17) is 9.47 Å². The van der Waals surface area contributed by atoms with Gasteiger partial charge in [0.1, 0.15) is 22.6 Å². The van der Waals surface area contributed by atoms with Crippen LogP contribution in [0.1, 0.15) is 69.4 Å². The van der Waals surface area contributed by atoms with Gasteiger partial charge in [-0.1, -0.05) is 22.0 Å². The molecular formula is C26H27BrF4O6. The minimum atomic E-state index is -2.58. The first-order valence-corrected chi connectivity index (χ1v) is 12.1. The first kappa shape index (κ1) is 28.7. The normalized spacial score (nSPS) is 17.9. The molecule has 37 heavy (non-hydrogen) atoms. The van der Waals surface area contributed by atoms with Crippen molar-refractivity contribution in [2.24, 2.45) is 0 Å². The van der Waals surface area contributed by atoms with E-state index in [2.05, 4.69) is 25.4 Å². The number of rotatable bonds is 6. The summed E-state index contributed by atoms with van der Waals surface area (Å²) in [5.74, 6) is -5.86. The maximum atomic E-state index is 12.9. The maximum absolute atomic E-state index is 12.9. The average Bonchev–Trinajstić information content (AvgIpc) is 2.84. The number of hydrogen-bond acceptors (Lipinski definition) is 6. The molecule has 4 rings (SSSR count). The Hall–Kier alpha value is -2.82. The fourth-order valence-corrected chi connectivity index (χ4v) is 5.01. The fourth-order valence-electron chi connectivity index (χ4n) is 4.34. The van der Waals surface area contributed by atoms with Gasteiger partial charge >= 0.3 is 11.9 Å². The van der Waals surface area contributed by atoms with Crippen molar-refractivity contribution in [3.05, 3.63) is 57.1 Å². The molecule has 2 aromatic rings. The fraction of sp³-hybridized carbons (Fsp3) is 0.462. The highest BCUT2D eigenvalue weighted by Gasteiger charge is 2.47. The highest BCUT2D eigenvalue weighted by atomic mass is 79.9. The molecule has 0 atom stereocenters. The molecule has 0 heterocycles. The largest absolute Gasteiger partial charge is 0.496 e. The van der Waals surface area contributed by atoms with E-state index in [1.54, 1.807) is 30.3 Å². The summed E-state index contributed by atoms with van der Waals surface area (Å²) in [6.07, 6.45) is -0.639. The van der Waals surface area contributed by atoms with Gasteiger partial charge in [-0.3, -0.25) is 0 Å². The number of carbonyl (C=O) groups is 2. The summed E-state index contributed by atoms with van der Waals surface area (Å²) in [4.78, 5) is 23.0. The van der Waals surface area contributed by atoms with Crippen LogP contribution in [0.25, 0.3) is 0 Å². The number of alkyl halides is 4. The number of methoxy groups -OCH3 is 4. The predicted octanol–water partition coefficient (Wildman–Crippen LogP) is 6.75. The Morgan fingerprint density at radius 2 is 1.24 bits per heavy atom. The van der Waals surface area contributed by atoms with Gasteiger partial charge in [-0.2, -0.15) is 0 Å². The molecule has 0 aromatic heterocycles. The molecule has 2 saturated carbocycles. The molecule has 0 spiro atoms. The van der Waals surface area contributed by atoms with Crippen molar-refractivity contribution in [2.45, 2.75) is 49.4 Å². The average molecular weight is 591 g/mol. The summed E-state index contributed by atoms with van der Waals surface area (Å²) in [6, 6.07) is 8.03. The molecule has 202 valence electrons. The lowest BCUT2D eigenvalue weighted by atomic mass is 9.76. The Labute approximate surface area is 220 Å². The Bertz CT molecular complexity index is 1150. The van der Waals surface area contributed by atoms with Gasteiger partial charge in [0.25, 0.3) is 0 Å². The molecule has 0 saturated heterocycles. The van der Waals surface area contributed by atoms with Crippen LogP contribution in [0, 0.1) is 0 Å². The second-order valence-corrected chi connectivity index (χ2v) is 9.79. The second-order valence-electron chi connectivity index (χ2n) is 8.94. The van der Waals surface area contributed by atoms with Crippen LogP contribution in [-0.2, 0) is 9.47 Å². The van der Waals surface area contributed by atoms with E-state index in [0.29, 0.717) is 21.5 Å². The van der Waals surface area contributed by atoms with Gasteiger partial charge in [-0.25, -0.2) is 27.2 Å². The minimum Gasteiger partial charge on any atom is -0.496 e. The van der Waals surface area contributed by atoms with E-state index in [-0.39, 0.29) is 43.1 Å². The van der Waals surface area contributed by atoms with E-state index in [0.717, 1.165) is 11.1 Å². The van der Waals surface area contributed by atoms with Crippen LogP contribution >= 0.6 is 15.9 Å².